The summed E-state index contributed by atoms with van der Waals surface area (Å²) in [6, 6.07) is 90.9. The van der Waals surface area contributed by atoms with E-state index in [1.807, 2.05) is 0 Å². The van der Waals surface area contributed by atoms with E-state index in [-0.39, 0.29) is 12.0 Å². The Morgan fingerprint density at radius 3 is 1.47 bits per heavy atom. The van der Waals surface area contributed by atoms with Gasteiger partial charge in [-0.25, -0.2) is 0 Å². The molecule has 4 aliphatic rings. The average molecular weight is 970 g/mol. The summed E-state index contributed by atoms with van der Waals surface area (Å²) in [4.78, 5) is 19.5. The zero-order valence-corrected chi connectivity index (χ0v) is 41.4. The van der Waals surface area contributed by atoms with E-state index in [9.17, 15) is 0 Å². The highest BCUT2D eigenvalue weighted by Gasteiger charge is 2.52. The van der Waals surface area contributed by atoms with Crippen molar-refractivity contribution in [3.8, 4) is 39.6 Å². The number of rotatable bonds is 7. The minimum Gasteiger partial charge on any atom is -0.302 e. The molecule has 0 bridgehead atoms. The minimum atomic E-state index is -0.593. The number of aromatic nitrogens is 4. The molecule has 0 saturated carbocycles. The molecule has 1 aliphatic heterocycles. The van der Waals surface area contributed by atoms with Gasteiger partial charge in [0.05, 0.1) is 33.6 Å². The van der Waals surface area contributed by atoms with Gasteiger partial charge in [0.25, 0.3) is 0 Å². The fraction of sp³-hybridized carbons (Fsp3) is 0.0563. The van der Waals surface area contributed by atoms with E-state index in [1.165, 1.54) is 72.3 Å². The molecule has 5 nitrogen and oxygen atoms in total. The van der Waals surface area contributed by atoms with Crippen LogP contribution in [-0.4, -0.2) is 25.6 Å². The standard InChI is InChI=1S/C71H47N5/c1-6-24-46(25-7-1)67-72-68(75-61-40-22-18-34-51(61)53-42-44-59-63(65(53)75)55-36-16-20-38-57(55)70(59,47-26-8-2-9-27-47)48-28-10-3-11-29-48)74-69(73-67)76-62-41-23-19-35-52(62)54-43-45-60-64(66(54)76)56-37-17-21-39-58(56)71(60,49-30-12-4-13-31-49)50-32-14-5-15-33-50/h1-45,51,61H. The first kappa shape index (κ1) is 42.8. The van der Waals surface area contributed by atoms with Crippen LogP contribution in [0.4, 0.5) is 11.6 Å². The predicted octanol–water partition coefficient (Wildman–Crippen LogP) is 16.1. The lowest BCUT2D eigenvalue weighted by atomic mass is 9.67. The number of anilines is 2. The topological polar surface area (TPSA) is 46.8 Å². The molecule has 0 N–H and O–H groups in total. The third kappa shape index (κ3) is 5.71. The Morgan fingerprint density at radius 1 is 0.368 bits per heavy atom. The van der Waals surface area contributed by atoms with Crippen molar-refractivity contribution in [2.24, 2.45) is 0 Å². The monoisotopic (exact) mass is 969 g/mol. The molecule has 0 spiro atoms. The summed E-state index contributed by atoms with van der Waals surface area (Å²) in [5, 5.41) is 2.28. The van der Waals surface area contributed by atoms with Crippen LogP contribution < -0.4 is 4.90 Å². The Bertz CT molecular complexity index is 4270. The lowest BCUT2D eigenvalue weighted by molar-refractivity contribution is 0.725. The van der Waals surface area contributed by atoms with E-state index < -0.39 is 10.8 Å². The van der Waals surface area contributed by atoms with Crippen molar-refractivity contribution in [2.45, 2.75) is 22.8 Å². The Labute approximate surface area is 441 Å². The number of hydrogen-bond acceptors (Lipinski definition) is 4. The van der Waals surface area contributed by atoms with Gasteiger partial charge >= 0.3 is 0 Å². The fourth-order valence-corrected chi connectivity index (χ4v) is 14.0. The Hall–Kier alpha value is -9.71. The van der Waals surface area contributed by atoms with Crippen LogP contribution in [0.2, 0.25) is 0 Å². The molecule has 2 atom stereocenters. The van der Waals surface area contributed by atoms with Crippen LogP contribution in [0.5, 0.6) is 0 Å². The molecule has 76 heavy (non-hydrogen) atoms. The maximum atomic E-state index is 5.85. The van der Waals surface area contributed by atoms with Crippen LogP contribution >= 0.6 is 0 Å². The number of para-hydroxylation sites is 1. The van der Waals surface area contributed by atoms with E-state index in [2.05, 4.69) is 282 Å². The molecule has 0 fully saturated rings. The molecule has 12 aromatic rings. The number of hydrogen-bond donors (Lipinski definition) is 0. The van der Waals surface area contributed by atoms with Crippen molar-refractivity contribution in [1.29, 1.82) is 0 Å². The van der Waals surface area contributed by atoms with E-state index in [0.29, 0.717) is 17.7 Å². The predicted molar refractivity (Wildman–Crippen MR) is 308 cm³/mol. The first-order valence-corrected chi connectivity index (χ1v) is 26.4. The lowest BCUT2D eigenvalue weighted by Gasteiger charge is -2.34. The first-order valence-electron chi connectivity index (χ1n) is 26.4. The van der Waals surface area contributed by atoms with Crippen LogP contribution in [0.1, 0.15) is 56.0 Å². The van der Waals surface area contributed by atoms with Crippen molar-refractivity contribution in [2.75, 3.05) is 4.90 Å². The van der Waals surface area contributed by atoms with Gasteiger partial charge in [-0.05, 0) is 67.3 Å². The third-order valence-electron chi connectivity index (χ3n) is 16.9. The van der Waals surface area contributed by atoms with Gasteiger partial charge in [0.1, 0.15) is 0 Å². The molecule has 16 rings (SSSR count). The summed E-state index contributed by atoms with van der Waals surface area (Å²) in [6.07, 6.45) is 9.08. The molecule has 2 unspecified atom stereocenters. The third-order valence-corrected chi connectivity index (χ3v) is 16.9. The molecular weight excluding hydrogens is 923 g/mol. The fourth-order valence-electron chi connectivity index (χ4n) is 14.0. The second-order valence-electron chi connectivity index (χ2n) is 20.5. The van der Waals surface area contributed by atoms with E-state index in [1.54, 1.807) is 0 Å². The van der Waals surface area contributed by atoms with Crippen LogP contribution in [0.25, 0.3) is 61.4 Å². The van der Waals surface area contributed by atoms with Crippen LogP contribution in [-0.2, 0) is 10.8 Å². The minimum absolute atomic E-state index is 0.0541. The van der Waals surface area contributed by atoms with Gasteiger partial charge in [-0.1, -0.05) is 267 Å². The Morgan fingerprint density at radius 2 is 0.855 bits per heavy atom. The average Bonchev–Trinajstić information content (AvgIpc) is 4.40. The van der Waals surface area contributed by atoms with E-state index in [0.717, 1.165) is 33.1 Å². The van der Waals surface area contributed by atoms with Gasteiger partial charge in [-0.3, -0.25) is 4.57 Å². The smallest absolute Gasteiger partial charge is 0.240 e. The summed E-state index contributed by atoms with van der Waals surface area (Å²) in [6.45, 7) is 0. The van der Waals surface area contributed by atoms with Gasteiger partial charge in [-0.15, -0.1) is 0 Å². The molecular formula is C71H47N5. The first-order chi connectivity index (χ1) is 37.7. The van der Waals surface area contributed by atoms with Gasteiger partial charge in [-0.2, -0.15) is 15.0 Å². The number of benzene rings is 10. The highest BCUT2D eigenvalue weighted by Crippen LogP contribution is 2.63. The molecule has 0 saturated heterocycles. The van der Waals surface area contributed by atoms with Crippen molar-refractivity contribution < 1.29 is 0 Å². The summed E-state index contributed by atoms with van der Waals surface area (Å²) in [5.74, 6) is 1.83. The van der Waals surface area contributed by atoms with E-state index in [4.69, 9.17) is 15.0 Å². The van der Waals surface area contributed by atoms with Crippen molar-refractivity contribution >= 4 is 33.4 Å². The number of fused-ring (bicyclic) bond motifs is 14. The summed E-state index contributed by atoms with van der Waals surface area (Å²) in [5.41, 5.74) is 18.9. The molecule has 3 heterocycles. The summed E-state index contributed by atoms with van der Waals surface area (Å²) in [7, 11) is 0. The highest BCUT2D eigenvalue weighted by molar-refractivity contribution is 6.16. The maximum absolute atomic E-state index is 5.85. The van der Waals surface area contributed by atoms with Crippen LogP contribution in [0.15, 0.2) is 273 Å². The van der Waals surface area contributed by atoms with Gasteiger partial charge < -0.3 is 4.90 Å². The molecule has 5 heteroatoms. The second-order valence-corrected chi connectivity index (χ2v) is 20.5. The zero-order chi connectivity index (χ0) is 50.0. The van der Waals surface area contributed by atoms with Crippen LogP contribution in [0.3, 0.4) is 0 Å². The molecule has 356 valence electrons. The van der Waals surface area contributed by atoms with E-state index >= 15 is 0 Å². The van der Waals surface area contributed by atoms with Gasteiger partial charge in [0.2, 0.25) is 11.9 Å². The molecule has 2 aromatic heterocycles. The second kappa shape index (κ2) is 16.4. The Kier molecular flexibility index (Phi) is 9.23. The largest absolute Gasteiger partial charge is 0.302 e. The van der Waals surface area contributed by atoms with Crippen molar-refractivity contribution in [3.05, 3.63) is 323 Å². The van der Waals surface area contributed by atoms with Gasteiger partial charge in [0.15, 0.2) is 5.82 Å². The maximum Gasteiger partial charge on any atom is 0.240 e. The van der Waals surface area contributed by atoms with Crippen LogP contribution in [0, 0.1) is 0 Å². The molecule has 0 amide bonds. The van der Waals surface area contributed by atoms with Crippen molar-refractivity contribution in [3.63, 3.8) is 0 Å². The Balaban J connectivity index is 1.01. The summed E-state index contributed by atoms with van der Waals surface area (Å²) >= 11 is 0. The number of nitrogens with zero attached hydrogens (tertiary/aromatic N) is 5. The highest BCUT2D eigenvalue weighted by atomic mass is 15.3. The zero-order valence-electron chi connectivity index (χ0n) is 41.4. The van der Waals surface area contributed by atoms with Gasteiger partial charge in [0, 0.05) is 33.4 Å². The lowest BCUT2D eigenvalue weighted by Crippen LogP contribution is -2.31. The normalized spacial score (nSPS) is 16.8. The molecule has 10 aromatic carbocycles. The molecule has 0 radical (unpaired) electrons. The molecule has 3 aliphatic carbocycles. The summed E-state index contributed by atoms with van der Waals surface area (Å²) < 4.78 is 2.34. The van der Waals surface area contributed by atoms with Crippen molar-refractivity contribution in [1.82, 2.24) is 19.5 Å². The number of allylic oxidation sites excluding steroid dienone is 2. The quantitative estimate of drug-likeness (QED) is 0.160. The SMILES string of the molecule is C1=CC2c3ccc4c(c3N(c3nc(-c5ccccc5)nc(-n5c6ccccc6c6ccc7c(c65)-c5ccccc5C7(c5ccccc5)c5ccccc5)n3)C2C=C1)-c1ccccc1C4(c1ccccc1)c1ccccc1.